The molecule has 1 aromatic carbocycles. The summed E-state index contributed by atoms with van der Waals surface area (Å²) in [5, 5.41) is -1.55. The summed E-state index contributed by atoms with van der Waals surface area (Å²) in [7, 11) is -4.78. The summed E-state index contributed by atoms with van der Waals surface area (Å²) in [5.41, 5.74) is 6.48. The van der Waals surface area contributed by atoms with E-state index in [1.165, 1.54) is 19.1 Å². The first-order chi connectivity index (χ1) is 11.5. The lowest BCUT2D eigenvalue weighted by Crippen LogP contribution is -2.36. The lowest BCUT2D eigenvalue weighted by molar-refractivity contribution is -0.194. The summed E-state index contributed by atoms with van der Waals surface area (Å²) < 4.78 is 31.0. The summed E-state index contributed by atoms with van der Waals surface area (Å²) in [6.07, 6.45) is 0.539. The van der Waals surface area contributed by atoms with Gasteiger partial charge in [0.25, 0.3) is 21.9 Å². The maximum absolute atomic E-state index is 12.0. The second kappa shape index (κ2) is 6.82. The number of halogens is 1. The van der Waals surface area contributed by atoms with Crippen LogP contribution in [0.1, 0.15) is 18.9 Å². The van der Waals surface area contributed by atoms with Crippen LogP contribution in [0.5, 0.6) is 0 Å². The molecule has 1 unspecified atom stereocenters. The van der Waals surface area contributed by atoms with Gasteiger partial charge in [0.15, 0.2) is 5.25 Å². The molecule has 1 atom stereocenters. The van der Waals surface area contributed by atoms with Crippen LogP contribution >= 0.6 is 11.6 Å². The van der Waals surface area contributed by atoms with E-state index in [4.69, 9.17) is 21.9 Å². The van der Waals surface area contributed by atoms with Crippen molar-refractivity contribution in [2.75, 3.05) is 5.73 Å². The van der Waals surface area contributed by atoms with Crippen molar-refractivity contribution >= 4 is 51.3 Å². The van der Waals surface area contributed by atoms with Gasteiger partial charge in [0.1, 0.15) is 0 Å². The monoisotopic (exact) mass is 388 g/mol. The molecule has 0 bridgehead atoms. The van der Waals surface area contributed by atoms with Crippen molar-refractivity contribution in [3.63, 3.8) is 0 Å². The lowest BCUT2D eigenvalue weighted by atomic mass is 10.1. The molecule has 2 rings (SSSR count). The fraction of sp³-hybridized carbons (Fsp3) is 0.214. The molecule has 2 amide bonds. The average molecular weight is 389 g/mol. The number of nitrogens with zero attached hydrogens (tertiary/aromatic N) is 1. The van der Waals surface area contributed by atoms with Crippen LogP contribution in [-0.4, -0.2) is 41.1 Å². The van der Waals surface area contributed by atoms with Gasteiger partial charge in [-0.15, -0.1) is 5.06 Å². The minimum Gasteiger partial charge on any atom is -0.398 e. The molecule has 134 valence electrons. The maximum atomic E-state index is 12.0. The SMILES string of the molecule is C/C(=C\c1ccc(Cl)cc1N)C(=O)ON1C(=O)CC(S(=O)(=O)O)C1=O. The van der Waals surface area contributed by atoms with E-state index in [0.29, 0.717) is 16.3 Å². The third-order valence-corrected chi connectivity index (χ3v) is 4.66. The van der Waals surface area contributed by atoms with Gasteiger partial charge in [-0.25, -0.2) is 4.79 Å². The summed E-state index contributed by atoms with van der Waals surface area (Å²) in [6.45, 7) is 1.35. The second-order valence-corrected chi connectivity index (χ2v) is 7.25. The number of carbonyl (C=O) groups excluding carboxylic acids is 3. The van der Waals surface area contributed by atoms with Crippen LogP contribution in [0.25, 0.3) is 6.08 Å². The van der Waals surface area contributed by atoms with E-state index in [1.54, 1.807) is 12.1 Å². The molecule has 0 spiro atoms. The lowest BCUT2D eigenvalue weighted by Gasteiger charge is -2.13. The largest absolute Gasteiger partial charge is 0.398 e. The van der Waals surface area contributed by atoms with Crippen LogP contribution in [-0.2, 0) is 29.3 Å². The molecule has 1 saturated heterocycles. The molecular formula is C14H13ClN2O7S. The Morgan fingerprint density at radius 3 is 2.60 bits per heavy atom. The zero-order valence-corrected chi connectivity index (χ0v) is 14.4. The molecule has 0 saturated carbocycles. The summed E-state index contributed by atoms with van der Waals surface area (Å²) >= 11 is 5.77. The van der Waals surface area contributed by atoms with Gasteiger partial charge in [-0.05, 0) is 30.7 Å². The highest BCUT2D eigenvalue weighted by Gasteiger charge is 2.48. The van der Waals surface area contributed by atoms with Crippen molar-refractivity contribution < 1.29 is 32.2 Å². The van der Waals surface area contributed by atoms with Crippen molar-refractivity contribution in [3.8, 4) is 0 Å². The van der Waals surface area contributed by atoms with E-state index in [1.807, 2.05) is 0 Å². The number of nitrogen functional groups attached to an aromatic ring is 1. The predicted molar refractivity (Wildman–Crippen MR) is 87.4 cm³/mol. The molecule has 25 heavy (non-hydrogen) atoms. The van der Waals surface area contributed by atoms with Gasteiger partial charge >= 0.3 is 5.97 Å². The van der Waals surface area contributed by atoms with Crippen molar-refractivity contribution in [2.24, 2.45) is 0 Å². The number of amides is 2. The van der Waals surface area contributed by atoms with Crippen LogP contribution < -0.4 is 5.73 Å². The molecule has 1 aliphatic heterocycles. The molecule has 1 heterocycles. The second-order valence-electron chi connectivity index (χ2n) is 5.21. The van der Waals surface area contributed by atoms with Crippen molar-refractivity contribution in [1.29, 1.82) is 0 Å². The van der Waals surface area contributed by atoms with Crippen molar-refractivity contribution in [3.05, 3.63) is 34.4 Å². The molecule has 0 aromatic heterocycles. The Bertz CT molecular complexity index is 894. The molecule has 11 heteroatoms. The van der Waals surface area contributed by atoms with Crippen LogP contribution in [0.2, 0.25) is 5.02 Å². The number of nitrogens with two attached hydrogens (primary N) is 1. The molecule has 1 aliphatic rings. The van der Waals surface area contributed by atoms with Crippen molar-refractivity contribution in [2.45, 2.75) is 18.6 Å². The number of carbonyl (C=O) groups is 3. The summed E-state index contributed by atoms with van der Waals surface area (Å²) in [5.74, 6) is -3.45. The molecule has 1 aromatic rings. The Balaban J connectivity index is 2.17. The first-order valence-electron chi connectivity index (χ1n) is 6.79. The topological polar surface area (TPSA) is 144 Å². The Hall–Kier alpha value is -2.43. The van der Waals surface area contributed by atoms with Crippen molar-refractivity contribution in [1.82, 2.24) is 5.06 Å². The van der Waals surface area contributed by atoms with Gasteiger partial charge in [-0.3, -0.25) is 14.1 Å². The highest BCUT2D eigenvalue weighted by atomic mass is 35.5. The zero-order chi connectivity index (χ0) is 18.9. The number of hydrogen-bond acceptors (Lipinski definition) is 7. The van der Waals surface area contributed by atoms with E-state index in [2.05, 4.69) is 4.84 Å². The van der Waals surface area contributed by atoms with E-state index in [-0.39, 0.29) is 10.6 Å². The molecule has 1 fully saturated rings. The number of hydroxylamine groups is 2. The Morgan fingerprint density at radius 2 is 2.08 bits per heavy atom. The number of benzene rings is 1. The van der Waals surface area contributed by atoms with E-state index in [0.717, 1.165) is 0 Å². The van der Waals surface area contributed by atoms with Gasteiger partial charge in [-0.2, -0.15) is 8.42 Å². The minimum absolute atomic E-state index is 0.00933. The van der Waals surface area contributed by atoms with Gasteiger partial charge in [0.05, 0.1) is 6.42 Å². The van der Waals surface area contributed by atoms with Gasteiger partial charge in [0.2, 0.25) is 0 Å². The third kappa shape index (κ3) is 4.16. The molecule has 0 aliphatic carbocycles. The maximum Gasteiger partial charge on any atom is 0.359 e. The molecule has 3 N–H and O–H groups in total. The fourth-order valence-corrected chi connectivity index (χ4v) is 2.92. The van der Waals surface area contributed by atoms with Crippen LogP contribution in [0.15, 0.2) is 23.8 Å². The van der Waals surface area contributed by atoms with Crippen LogP contribution in [0, 0.1) is 0 Å². The van der Waals surface area contributed by atoms with E-state index in [9.17, 15) is 22.8 Å². The summed E-state index contributed by atoms with van der Waals surface area (Å²) in [6, 6.07) is 4.57. The minimum atomic E-state index is -4.78. The number of imide groups is 1. The Labute approximate surface area is 147 Å². The average Bonchev–Trinajstić information content (AvgIpc) is 2.78. The smallest absolute Gasteiger partial charge is 0.359 e. The third-order valence-electron chi connectivity index (χ3n) is 3.34. The quantitative estimate of drug-likeness (QED) is 0.333. The normalized spacial score (nSPS) is 18.6. The highest BCUT2D eigenvalue weighted by Crippen LogP contribution is 2.23. The standard InChI is InChI=1S/C14H13ClN2O7S/c1-7(4-8-2-3-9(15)5-10(8)16)14(20)24-17-12(18)6-11(13(17)19)25(21,22)23/h2-5,11H,6,16H2,1H3,(H,21,22,23)/b7-4+. The predicted octanol–water partition coefficient (Wildman–Crippen LogP) is 0.799. The van der Waals surface area contributed by atoms with Gasteiger partial charge in [0, 0.05) is 16.3 Å². The number of anilines is 1. The van der Waals surface area contributed by atoms with E-state index < -0.39 is 39.6 Å². The molecular weight excluding hydrogens is 376 g/mol. The molecule has 0 radical (unpaired) electrons. The number of hydrogen-bond donors (Lipinski definition) is 2. The highest BCUT2D eigenvalue weighted by molar-refractivity contribution is 7.87. The van der Waals surface area contributed by atoms with Gasteiger partial charge in [-0.1, -0.05) is 17.7 Å². The van der Waals surface area contributed by atoms with Crippen LogP contribution in [0.4, 0.5) is 5.69 Å². The fourth-order valence-electron chi connectivity index (χ4n) is 2.04. The summed E-state index contributed by atoms with van der Waals surface area (Å²) in [4.78, 5) is 40.1. The first kappa shape index (κ1) is 18.9. The molecule has 9 nitrogen and oxygen atoms in total. The Morgan fingerprint density at radius 1 is 1.44 bits per heavy atom. The van der Waals surface area contributed by atoms with E-state index >= 15 is 0 Å². The number of rotatable bonds is 4. The Kier molecular flexibility index (Phi) is 5.16. The zero-order valence-electron chi connectivity index (χ0n) is 12.8. The first-order valence-corrected chi connectivity index (χ1v) is 8.67. The van der Waals surface area contributed by atoms with Crippen LogP contribution in [0.3, 0.4) is 0 Å². The van der Waals surface area contributed by atoms with Gasteiger partial charge < -0.3 is 10.6 Å².